The monoisotopic (exact) mass is 335 g/mol. The molecule has 5 nitrogen and oxygen atoms in total. The topological polar surface area (TPSA) is 48.1 Å². The Bertz CT molecular complexity index is 748. The molecule has 0 amide bonds. The van der Waals surface area contributed by atoms with Gasteiger partial charge in [0.2, 0.25) is 0 Å². The number of aromatic nitrogens is 2. The maximum absolute atomic E-state index is 9.08. The molecule has 3 heterocycles. The molecular weight excluding hydrogens is 310 g/mol. The summed E-state index contributed by atoms with van der Waals surface area (Å²) < 4.78 is 2.06. The molecule has 0 N–H and O–H groups in total. The van der Waals surface area contributed by atoms with Crippen molar-refractivity contribution >= 4 is 0 Å². The van der Waals surface area contributed by atoms with Gasteiger partial charge in [-0.15, -0.1) is 0 Å². The van der Waals surface area contributed by atoms with E-state index in [2.05, 4.69) is 45.0 Å². The zero-order valence-corrected chi connectivity index (χ0v) is 14.8. The molecule has 4 rings (SSSR count). The molecule has 1 unspecified atom stereocenters. The van der Waals surface area contributed by atoms with Crippen LogP contribution in [0.5, 0.6) is 0 Å². The van der Waals surface area contributed by atoms with Crippen LogP contribution in [0.2, 0.25) is 0 Å². The number of hydrogen-bond donors (Lipinski definition) is 0. The SMILES string of the molecule is CN1C(Cn2cccn2)C[C@H]2CN(Cc3cccc(C#N)c3)CC[C@H]21. The average molecular weight is 335 g/mol. The van der Waals surface area contributed by atoms with Gasteiger partial charge >= 0.3 is 0 Å². The number of benzene rings is 1. The summed E-state index contributed by atoms with van der Waals surface area (Å²) in [5.41, 5.74) is 2.00. The van der Waals surface area contributed by atoms with Gasteiger partial charge in [0.1, 0.15) is 0 Å². The zero-order valence-electron chi connectivity index (χ0n) is 14.8. The van der Waals surface area contributed by atoms with E-state index in [1.807, 2.05) is 30.5 Å². The molecule has 1 aromatic carbocycles. The number of fused-ring (bicyclic) bond motifs is 1. The summed E-state index contributed by atoms with van der Waals surface area (Å²) in [6.07, 6.45) is 6.40. The van der Waals surface area contributed by atoms with E-state index in [0.717, 1.165) is 37.7 Å². The van der Waals surface area contributed by atoms with Gasteiger partial charge in [-0.3, -0.25) is 14.5 Å². The van der Waals surface area contributed by atoms with Crippen LogP contribution in [0.3, 0.4) is 0 Å². The molecule has 2 fully saturated rings. The minimum Gasteiger partial charge on any atom is -0.299 e. The van der Waals surface area contributed by atoms with Crippen LogP contribution >= 0.6 is 0 Å². The highest BCUT2D eigenvalue weighted by Crippen LogP contribution is 2.35. The maximum Gasteiger partial charge on any atom is 0.0991 e. The van der Waals surface area contributed by atoms with Crippen molar-refractivity contribution < 1.29 is 0 Å². The smallest absolute Gasteiger partial charge is 0.0991 e. The van der Waals surface area contributed by atoms with Gasteiger partial charge in [-0.2, -0.15) is 10.4 Å². The zero-order chi connectivity index (χ0) is 17.2. The number of likely N-dealkylation sites (N-methyl/N-ethyl adjacent to an activating group) is 1. The van der Waals surface area contributed by atoms with E-state index >= 15 is 0 Å². The Morgan fingerprint density at radius 3 is 3.04 bits per heavy atom. The minimum absolute atomic E-state index is 0.580. The van der Waals surface area contributed by atoms with Gasteiger partial charge < -0.3 is 0 Å². The number of nitrogens with zero attached hydrogens (tertiary/aromatic N) is 5. The van der Waals surface area contributed by atoms with E-state index in [4.69, 9.17) is 5.26 Å². The molecular formula is C20H25N5. The van der Waals surface area contributed by atoms with E-state index in [-0.39, 0.29) is 0 Å². The summed E-state index contributed by atoms with van der Waals surface area (Å²) in [6.45, 7) is 4.23. The van der Waals surface area contributed by atoms with Crippen molar-refractivity contribution in [3.8, 4) is 6.07 Å². The molecule has 0 aliphatic carbocycles. The largest absolute Gasteiger partial charge is 0.299 e. The molecule has 2 aliphatic rings. The first kappa shape index (κ1) is 16.3. The Kier molecular flexibility index (Phi) is 4.56. The van der Waals surface area contributed by atoms with Crippen molar-refractivity contribution in [1.82, 2.24) is 19.6 Å². The quantitative estimate of drug-likeness (QED) is 0.860. The summed E-state index contributed by atoms with van der Waals surface area (Å²) in [5.74, 6) is 0.735. The fourth-order valence-electron chi connectivity index (χ4n) is 4.62. The van der Waals surface area contributed by atoms with Crippen LogP contribution < -0.4 is 0 Å². The molecule has 5 heteroatoms. The van der Waals surface area contributed by atoms with Crippen molar-refractivity contribution in [2.75, 3.05) is 20.1 Å². The fourth-order valence-corrected chi connectivity index (χ4v) is 4.62. The van der Waals surface area contributed by atoms with Crippen LogP contribution in [0, 0.1) is 17.2 Å². The normalized spacial score (nSPS) is 27.1. The lowest BCUT2D eigenvalue weighted by Crippen LogP contribution is -2.45. The van der Waals surface area contributed by atoms with E-state index in [9.17, 15) is 0 Å². The molecule has 130 valence electrons. The van der Waals surface area contributed by atoms with Crippen LogP contribution in [0.25, 0.3) is 0 Å². The first-order valence-corrected chi connectivity index (χ1v) is 9.13. The molecule has 25 heavy (non-hydrogen) atoms. The minimum atomic E-state index is 0.580. The Morgan fingerprint density at radius 1 is 1.32 bits per heavy atom. The second-order valence-corrected chi connectivity index (χ2v) is 7.45. The highest BCUT2D eigenvalue weighted by atomic mass is 15.3. The van der Waals surface area contributed by atoms with Gasteiger partial charge in [-0.1, -0.05) is 12.1 Å². The van der Waals surface area contributed by atoms with Crippen LogP contribution in [0.4, 0.5) is 0 Å². The van der Waals surface area contributed by atoms with Crippen molar-refractivity contribution in [2.45, 2.75) is 38.0 Å². The molecule has 2 aliphatic heterocycles. The van der Waals surface area contributed by atoms with Crippen LogP contribution in [0.1, 0.15) is 24.0 Å². The number of rotatable bonds is 4. The molecule has 0 spiro atoms. The summed E-state index contributed by atoms with van der Waals surface area (Å²) in [4.78, 5) is 5.14. The van der Waals surface area contributed by atoms with Gasteiger partial charge in [0.15, 0.2) is 0 Å². The maximum atomic E-state index is 9.08. The van der Waals surface area contributed by atoms with Gasteiger partial charge in [0.05, 0.1) is 18.2 Å². The molecule has 1 aromatic heterocycles. The van der Waals surface area contributed by atoms with Crippen LogP contribution in [-0.2, 0) is 13.1 Å². The van der Waals surface area contributed by atoms with E-state index < -0.39 is 0 Å². The number of piperidine rings is 1. The van der Waals surface area contributed by atoms with Crippen LogP contribution in [-0.4, -0.2) is 51.8 Å². The Hall–Kier alpha value is -2.16. The second-order valence-electron chi connectivity index (χ2n) is 7.45. The highest BCUT2D eigenvalue weighted by Gasteiger charge is 2.41. The predicted octanol–water partition coefficient (Wildman–Crippen LogP) is 2.35. The molecule has 2 saturated heterocycles. The van der Waals surface area contributed by atoms with Crippen molar-refractivity contribution in [3.05, 3.63) is 53.9 Å². The average Bonchev–Trinajstić information content (AvgIpc) is 3.24. The van der Waals surface area contributed by atoms with Crippen molar-refractivity contribution in [3.63, 3.8) is 0 Å². The number of nitriles is 1. The summed E-state index contributed by atoms with van der Waals surface area (Å²) in [7, 11) is 2.28. The number of hydrogen-bond acceptors (Lipinski definition) is 4. The molecule has 2 aromatic rings. The third kappa shape index (κ3) is 3.46. The standard InChI is InChI=1S/C20H25N5/c1-23-19(15-25-8-3-7-22-25)11-18-14-24(9-6-20(18)23)13-17-5-2-4-16(10-17)12-21/h2-5,7-8,10,18-20H,6,9,11,13-15H2,1H3/t18-,19?,20+/m0/s1. The van der Waals surface area contributed by atoms with Crippen molar-refractivity contribution in [2.24, 2.45) is 5.92 Å². The lowest BCUT2D eigenvalue weighted by atomic mass is 9.92. The Balaban J connectivity index is 1.38. The number of likely N-dealkylation sites (tertiary alicyclic amines) is 2. The summed E-state index contributed by atoms with van der Waals surface area (Å²) >= 11 is 0. The summed E-state index contributed by atoms with van der Waals surface area (Å²) in [6, 6.07) is 13.5. The predicted molar refractivity (Wildman–Crippen MR) is 96.7 cm³/mol. The fraction of sp³-hybridized carbons (Fsp3) is 0.500. The van der Waals surface area contributed by atoms with E-state index in [1.165, 1.54) is 18.4 Å². The Labute approximate surface area is 149 Å². The Morgan fingerprint density at radius 2 is 2.24 bits per heavy atom. The van der Waals surface area contributed by atoms with E-state index in [0.29, 0.717) is 12.1 Å². The first-order valence-electron chi connectivity index (χ1n) is 9.13. The second kappa shape index (κ2) is 6.99. The third-order valence-corrected chi connectivity index (χ3v) is 5.87. The van der Waals surface area contributed by atoms with E-state index in [1.54, 1.807) is 0 Å². The van der Waals surface area contributed by atoms with Gasteiger partial charge in [-0.25, -0.2) is 0 Å². The van der Waals surface area contributed by atoms with Gasteiger partial charge in [0.25, 0.3) is 0 Å². The summed E-state index contributed by atoms with van der Waals surface area (Å²) in [5, 5.41) is 13.5. The lowest BCUT2D eigenvalue weighted by Gasteiger charge is -2.37. The molecule has 0 radical (unpaired) electrons. The van der Waals surface area contributed by atoms with Crippen LogP contribution in [0.15, 0.2) is 42.7 Å². The highest BCUT2D eigenvalue weighted by molar-refractivity contribution is 5.32. The molecule has 0 bridgehead atoms. The molecule has 0 saturated carbocycles. The lowest BCUT2D eigenvalue weighted by molar-refractivity contribution is 0.109. The third-order valence-electron chi connectivity index (χ3n) is 5.87. The van der Waals surface area contributed by atoms with Crippen molar-refractivity contribution in [1.29, 1.82) is 5.26 Å². The molecule has 3 atom stereocenters. The van der Waals surface area contributed by atoms with Gasteiger partial charge in [0, 0.05) is 37.6 Å². The first-order chi connectivity index (χ1) is 12.2. The van der Waals surface area contributed by atoms with Gasteiger partial charge in [-0.05, 0) is 56.1 Å².